The number of piperazine rings is 1. The van der Waals surface area contributed by atoms with Crippen molar-refractivity contribution in [2.75, 3.05) is 39.8 Å². The van der Waals surface area contributed by atoms with Crippen LogP contribution >= 0.6 is 0 Å². The summed E-state index contributed by atoms with van der Waals surface area (Å²) < 4.78 is 10.5. The van der Waals surface area contributed by atoms with Crippen molar-refractivity contribution in [2.45, 2.75) is 6.92 Å². The summed E-state index contributed by atoms with van der Waals surface area (Å²) >= 11 is 0. The van der Waals surface area contributed by atoms with Crippen LogP contribution < -0.4 is 10.4 Å². The molecule has 0 bridgehead atoms. The van der Waals surface area contributed by atoms with Gasteiger partial charge in [0, 0.05) is 38.1 Å². The minimum absolute atomic E-state index is 0.0640. The first-order valence-electron chi connectivity index (χ1n) is 8.26. The van der Waals surface area contributed by atoms with Crippen molar-refractivity contribution >= 4 is 16.9 Å². The standard InChI is InChI=1S/C19H22N2O4/c1-13(2)12-20-6-8-21(9-7-20)18(22)16-11-14-10-15(24-3)4-5-17(14)25-19(16)23/h4-5,10-11H,1,6-9,12H2,2-3H3. The first-order chi connectivity index (χ1) is 12.0. The number of carbonyl (C=O) groups is 1. The second-order valence-corrected chi connectivity index (χ2v) is 6.38. The van der Waals surface area contributed by atoms with E-state index in [-0.39, 0.29) is 11.5 Å². The van der Waals surface area contributed by atoms with E-state index in [0.29, 0.717) is 29.8 Å². The van der Waals surface area contributed by atoms with Crippen LogP contribution in [0.5, 0.6) is 5.75 Å². The Labute approximate surface area is 146 Å². The fourth-order valence-electron chi connectivity index (χ4n) is 3.04. The third-order valence-electron chi connectivity index (χ3n) is 4.32. The molecule has 6 nitrogen and oxygen atoms in total. The maximum absolute atomic E-state index is 12.7. The van der Waals surface area contributed by atoms with Gasteiger partial charge in [0.25, 0.3) is 5.91 Å². The van der Waals surface area contributed by atoms with Gasteiger partial charge in [0.05, 0.1) is 7.11 Å². The number of fused-ring (bicyclic) bond motifs is 1. The van der Waals surface area contributed by atoms with E-state index in [1.54, 1.807) is 36.3 Å². The molecule has 1 fully saturated rings. The van der Waals surface area contributed by atoms with E-state index in [0.717, 1.165) is 25.2 Å². The monoisotopic (exact) mass is 342 g/mol. The van der Waals surface area contributed by atoms with Crippen molar-refractivity contribution < 1.29 is 13.9 Å². The van der Waals surface area contributed by atoms with Crippen molar-refractivity contribution in [3.63, 3.8) is 0 Å². The Morgan fingerprint density at radius 2 is 1.96 bits per heavy atom. The molecule has 2 aromatic rings. The van der Waals surface area contributed by atoms with Gasteiger partial charge in [-0.15, -0.1) is 0 Å². The van der Waals surface area contributed by atoms with Crippen LogP contribution in [0.2, 0.25) is 0 Å². The minimum atomic E-state index is -0.605. The highest BCUT2D eigenvalue weighted by Gasteiger charge is 2.24. The predicted octanol–water partition coefficient (Wildman–Crippen LogP) is 2.14. The third kappa shape index (κ3) is 3.74. The molecule has 1 aliphatic heterocycles. The first-order valence-corrected chi connectivity index (χ1v) is 8.26. The maximum Gasteiger partial charge on any atom is 0.349 e. The van der Waals surface area contributed by atoms with Crippen molar-refractivity contribution in [3.05, 3.63) is 52.4 Å². The molecule has 0 aliphatic carbocycles. The van der Waals surface area contributed by atoms with Gasteiger partial charge >= 0.3 is 5.63 Å². The Hall–Kier alpha value is -2.60. The maximum atomic E-state index is 12.7. The van der Waals surface area contributed by atoms with Crippen molar-refractivity contribution in [3.8, 4) is 5.75 Å². The van der Waals surface area contributed by atoms with Gasteiger partial charge in [0.2, 0.25) is 0 Å². The summed E-state index contributed by atoms with van der Waals surface area (Å²) in [6, 6.07) is 6.72. The SMILES string of the molecule is C=C(C)CN1CCN(C(=O)c2cc3cc(OC)ccc3oc2=O)CC1. The smallest absolute Gasteiger partial charge is 0.349 e. The number of benzene rings is 1. The highest BCUT2D eigenvalue weighted by Crippen LogP contribution is 2.21. The van der Waals surface area contributed by atoms with Gasteiger partial charge in [-0.1, -0.05) is 12.2 Å². The molecule has 3 rings (SSSR count). The van der Waals surface area contributed by atoms with Gasteiger partial charge in [-0.05, 0) is 31.2 Å². The Bertz CT molecular complexity index is 863. The van der Waals surface area contributed by atoms with Gasteiger partial charge in [-0.3, -0.25) is 9.69 Å². The van der Waals surface area contributed by atoms with E-state index in [2.05, 4.69) is 11.5 Å². The average Bonchev–Trinajstić information content (AvgIpc) is 2.60. The van der Waals surface area contributed by atoms with E-state index in [9.17, 15) is 9.59 Å². The molecular formula is C19H22N2O4. The highest BCUT2D eigenvalue weighted by molar-refractivity contribution is 5.96. The average molecular weight is 342 g/mol. The zero-order valence-corrected chi connectivity index (χ0v) is 14.6. The zero-order valence-electron chi connectivity index (χ0n) is 14.6. The largest absolute Gasteiger partial charge is 0.497 e. The number of carbonyl (C=O) groups excluding carboxylic acids is 1. The number of hydrogen-bond donors (Lipinski definition) is 0. The summed E-state index contributed by atoms with van der Waals surface area (Å²) in [5, 5.41) is 0.670. The Morgan fingerprint density at radius 3 is 2.60 bits per heavy atom. The second-order valence-electron chi connectivity index (χ2n) is 6.38. The summed E-state index contributed by atoms with van der Waals surface area (Å²) in [4.78, 5) is 28.9. The molecule has 6 heteroatoms. The topological polar surface area (TPSA) is 63.0 Å². The van der Waals surface area contributed by atoms with Crippen LogP contribution in [0.25, 0.3) is 11.0 Å². The molecule has 25 heavy (non-hydrogen) atoms. The summed E-state index contributed by atoms with van der Waals surface area (Å²) in [5.74, 6) is 0.363. The Morgan fingerprint density at radius 1 is 1.24 bits per heavy atom. The lowest BCUT2D eigenvalue weighted by Gasteiger charge is -2.34. The molecule has 0 N–H and O–H groups in total. The molecule has 132 valence electrons. The van der Waals surface area contributed by atoms with Crippen LogP contribution in [0.3, 0.4) is 0 Å². The second kappa shape index (κ2) is 7.11. The molecule has 1 aromatic heterocycles. The fraction of sp³-hybridized carbons (Fsp3) is 0.368. The van der Waals surface area contributed by atoms with Crippen LogP contribution in [-0.4, -0.2) is 55.5 Å². The molecule has 0 unspecified atom stereocenters. The molecule has 1 amide bonds. The van der Waals surface area contributed by atoms with Gasteiger partial charge in [-0.2, -0.15) is 0 Å². The number of nitrogens with zero attached hydrogens (tertiary/aromatic N) is 2. The van der Waals surface area contributed by atoms with Crippen LogP contribution in [0.1, 0.15) is 17.3 Å². The minimum Gasteiger partial charge on any atom is -0.497 e. The van der Waals surface area contributed by atoms with Crippen molar-refractivity contribution in [2.24, 2.45) is 0 Å². The van der Waals surface area contributed by atoms with Gasteiger partial charge in [0.1, 0.15) is 16.9 Å². The summed E-state index contributed by atoms with van der Waals surface area (Å²) in [7, 11) is 1.57. The molecule has 0 radical (unpaired) electrons. The normalized spacial score (nSPS) is 15.4. The first kappa shape index (κ1) is 17.2. The Kier molecular flexibility index (Phi) is 4.90. The lowest BCUT2D eigenvalue weighted by Crippen LogP contribution is -2.49. The fourth-order valence-corrected chi connectivity index (χ4v) is 3.04. The van der Waals surface area contributed by atoms with Gasteiger partial charge < -0.3 is 14.1 Å². The number of hydrogen-bond acceptors (Lipinski definition) is 5. The van der Waals surface area contributed by atoms with E-state index >= 15 is 0 Å². The number of ether oxygens (including phenoxy) is 1. The van der Waals surface area contributed by atoms with Crippen LogP contribution in [0, 0.1) is 0 Å². The molecule has 1 aromatic carbocycles. The van der Waals surface area contributed by atoms with Gasteiger partial charge in [0.15, 0.2) is 0 Å². The molecule has 1 aliphatic rings. The van der Waals surface area contributed by atoms with Crippen LogP contribution in [0.15, 0.2) is 45.6 Å². The quantitative estimate of drug-likeness (QED) is 0.629. The lowest BCUT2D eigenvalue weighted by molar-refractivity contribution is 0.0644. The molecule has 0 saturated carbocycles. The van der Waals surface area contributed by atoms with Crippen molar-refractivity contribution in [1.82, 2.24) is 9.80 Å². The van der Waals surface area contributed by atoms with E-state index in [1.165, 1.54) is 0 Å². The number of amides is 1. The number of methoxy groups -OCH3 is 1. The lowest BCUT2D eigenvalue weighted by atomic mass is 10.1. The summed E-state index contributed by atoms with van der Waals surface area (Å²) in [6.07, 6.45) is 0. The highest BCUT2D eigenvalue weighted by atomic mass is 16.5. The van der Waals surface area contributed by atoms with Crippen LogP contribution in [-0.2, 0) is 0 Å². The molecule has 0 spiro atoms. The summed E-state index contributed by atoms with van der Waals surface area (Å²) in [6.45, 7) is 9.45. The molecule has 2 heterocycles. The third-order valence-corrected chi connectivity index (χ3v) is 4.32. The molecular weight excluding hydrogens is 320 g/mol. The van der Waals surface area contributed by atoms with E-state index in [1.807, 2.05) is 6.92 Å². The molecule has 1 saturated heterocycles. The molecule has 0 atom stereocenters. The van der Waals surface area contributed by atoms with E-state index in [4.69, 9.17) is 9.15 Å². The Balaban J connectivity index is 1.81. The predicted molar refractivity (Wildman–Crippen MR) is 96.2 cm³/mol. The summed E-state index contributed by atoms with van der Waals surface area (Å²) in [5.41, 5.74) is 0.999. The number of rotatable bonds is 4. The van der Waals surface area contributed by atoms with Crippen LogP contribution in [0.4, 0.5) is 0 Å². The van der Waals surface area contributed by atoms with E-state index < -0.39 is 5.63 Å². The van der Waals surface area contributed by atoms with Crippen molar-refractivity contribution in [1.29, 1.82) is 0 Å². The van der Waals surface area contributed by atoms with Gasteiger partial charge in [-0.25, -0.2) is 4.79 Å². The zero-order chi connectivity index (χ0) is 18.0.